The lowest BCUT2D eigenvalue weighted by Crippen LogP contribution is -2.19. The Kier molecular flexibility index (Phi) is 4.89. The van der Waals surface area contributed by atoms with Gasteiger partial charge in [0.25, 0.3) is 10.0 Å². The van der Waals surface area contributed by atoms with Gasteiger partial charge < -0.3 is 0 Å². The van der Waals surface area contributed by atoms with Crippen molar-refractivity contribution in [3.8, 4) is 0 Å². The van der Waals surface area contributed by atoms with Gasteiger partial charge in [-0.05, 0) is 44.9 Å². The molecule has 0 saturated carbocycles. The van der Waals surface area contributed by atoms with E-state index in [0.29, 0.717) is 10.8 Å². The smallest absolute Gasteiger partial charge is 0.199 e. The minimum Gasteiger partial charge on any atom is -0.199 e. The Bertz CT molecular complexity index is 749. The first-order chi connectivity index (χ1) is 10.7. The van der Waals surface area contributed by atoms with E-state index < -0.39 is 10.0 Å². The van der Waals surface area contributed by atoms with Crippen LogP contribution in [0.4, 0.5) is 0 Å². The van der Waals surface area contributed by atoms with Gasteiger partial charge in [0.05, 0.1) is 4.90 Å². The predicted octanol–water partition coefficient (Wildman–Crippen LogP) is 3.28. The van der Waals surface area contributed by atoms with Crippen molar-refractivity contribution < 1.29 is 8.42 Å². The second kappa shape index (κ2) is 6.39. The predicted molar refractivity (Wildman–Crippen MR) is 89.1 cm³/mol. The maximum Gasteiger partial charge on any atom is 0.286 e. The van der Waals surface area contributed by atoms with Crippen molar-refractivity contribution in [2.75, 3.05) is 0 Å². The maximum atomic E-state index is 13.0. The number of benzene rings is 1. The van der Waals surface area contributed by atoms with Gasteiger partial charge in [-0.25, -0.2) is 0 Å². The molecule has 0 aliphatic carbocycles. The maximum absolute atomic E-state index is 13.0. The third kappa shape index (κ3) is 3.29. The summed E-state index contributed by atoms with van der Waals surface area (Å²) in [6, 6.07) is 4.00. The first-order valence-electron chi connectivity index (χ1n) is 7.82. The highest BCUT2D eigenvalue weighted by Crippen LogP contribution is 2.35. The van der Waals surface area contributed by atoms with Crippen LogP contribution in [0, 0.1) is 0 Å². The van der Waals surface area contributed by atoms with Gasteiger partial charge in [-0.2, -0.15) is 8.42 Å². The fourth-order valence-corrected chi connectivity index (χ4v) is 4.21. The molecule has 0 N–H and O–H groups in total. The molecular formula is C16H24N4O2S. The summed E-state index contributed by atoms with van der Waals surface area (Å²) in [4.78, 5) is 0.333. The van der Waals surface area contributed by atoms with E-state index in [-0.39, 0.29) is 11.8 Å². The van der Waals surface area contributed by atoms with Gasteiger partial charge in [-0.15, -0.1) is 9.19 Å². The van der Waals surface area contributed by atoms with Gasteiger partial charge in [-0.1, -0.05) is 53.7 Å². The molecular weight excluding hydrogens is 312 g/mol. The second-order valence-corrected chi connectivity index (χ2v) is 8.41. The third-order valence-electron chi connectivity index (χ3n) is 3.91. The molecule has 2 aromatic rings. The van der Waals surface area contributed by atoms with E-state index in [9.17, 15) is 8.42 Å². The Balaban J connectivity index is 2.85. The first-order valence-corrected chi connectivity index (χ1v) is 9.26. The van der Waals surface area contributed by atoms with E-state index in [2.05, 4.69) is 29.4 Å². The molecule has 7 heteroatoms. The number of hydrogen-bond acceptors (Lipinski definition) is 5. The summed E-state index contributed by atoms with van der Waals surface area (Å²) < 4.78 is 26.9. The molecule has 0 aliphatic rings. The Labute approximate surface area is 138 Å². The summed E-state index contributed by atoms with van der Waals surface area (Å²) in [5.41, 5.74) is 2.78. The highest BCUT2D eigenvalue weighted by Gasteiger charge is 2.29. The topological polar surface area (TPSA) is 77.7 Å². The standard InChI is InChI=1S/C16H24N4O2S/c1-10(2)13-7-14(11(3)4)16(15(8-13)12(5)6)23(21,22)20-9-17-18-19-20/h7-12H,1-6H3. The SMILES string of the molecule is CC(C)c1cc(C(C)C)c(S(=O)(=O)n2cnnn2)c(C(C)C)c1. The molecule has 0 aliphatic heterocycles. The second-order valence-electron chi connectivity index (χ2n) is 6.68. The van der Waals surface area contributed by atoms with Crippen molar-refractivity contribution in [3.05, 3.63) is 35.2 Å². The molecule has 0 saturated heterocycles. The lowest BCUT2D eigenvalue weighted by atomic mass is 9.89. The average Bonchev–Trinajstić information content (AvgIpc) is 3.00. The van der Waals surface area contributed by atoms with Crippen LogP contribution in [0.2, 0.25) is 0 Å². The number of tetrazole rings is 1. The average molecular weight is 336 g/mol. The minimum absolute atomic E-state index is 0.0763. The van der Waals surface area contributed by atoms with Crippen LogP contribution in [0.15, 0.2) is 23.4 Å². The summed E-state index contributed by atoms with van der Waals surface area (Å²) in [5.74, 6) is 0.481. The molecule has 0 unspecified atom stereocenters. The Morgan fingerprint density at radius 2 is 1.43 bits per heavy atom. The number of rotatable bonds is 5. The van der Waals surface area contributed by atoms with E-state index in [4.69, 9.17) is 0 Å². The summed E-state index contributed by atoms with van der Waals surface area (Å²) >= 11 is 0. The van der Waals surface area contributed by atoms with Crippen LogP contribution >= 0.6 is 0 Å². The molecule has 2 rings (SSSR count). The van der Waals surface area contributed by atoms with Crippen LogP contribution in [-0.4, -0.2) is 28.0 Å². The number of hydrogen-bond donors (Lipinski definition) is 0. The zero-order chi connectivity index (χ0) is 17.4. The van der Waals surface area contributed by atoms with Crippen molar-refractivity contribution >= 4 is 10.0 Å². The van der Waals surface area contributed by atoms with E-state index in [1.807, 2.05) is 39.8 Å². The summed E-state index contributed by atoms with van der Waals surface area (Å²) in [6.45, 7) is 12.2. The highest BCUT2D eigenvalue weighted by molar-refractivity contribution is 7.90. The highest BCUT2D eigenvalue weighted by atomic mass is 32.2. The largest absolute Gasteiger partial charge is 0.286 e. The molecule has 0 radical (unpaired) electrons. The zero-order valence-electron chi connectivity index (χ0n) is 14.5. The summed E-state index contributed by atoms with van der Waals surface area (Å²) in [5, 5.41) is 10.5. The van der Waals surface area contributed by atoms with Gasteiger partial charge in [-0.3, -0.25) is 0 Å². The van der Waals surface area contributed by atoms with Crippen molar-refractivity contribution in [2.24, 2.45) is 0 Å². The van der Waals surface area contributed by atoms with Crippen molar-refractivity contribution in [3.63, 3.8) is 0 Å². The Morgan fingerprint density at radius 1 is 0.913 bits per heavy atom. The van der Waals surface area contributed by atoms with Crippen molar-refractivity contribution in [1.29, 1.82) is 0 Å². The molecule has 6 nitrogen and oxygen atoms in total. The quantitative estimate of drug-likeness (QED) is 0.837. The molecule has 0 atom stereocenters. The van der Waals surface area contributed by atoms with Crippen LogP contribution in [-0.2, 0) is 10.0 Å². The molecule has 0 amide bonds. The van der Waals surface area contributed by atoms with E-state index >= 15 is 0 Å². The fraction of sp³-hybridized carbons (Fsp3) is 0.562. The zero-order valence-corrected chi connectivity index (χ0v) is 15.3. The van der Waals surface area contributed by atoms with Crippen molar-refractivity contribution in [2.45, 2.75) is 64.2 Å². The van der Waals surface area contributed by atoms with Crippen LogP contribution < -0.4 is 0 Å². The van der Waals surface area contributed by atoms with E-state index in [1.165, 1.54) is 0 Å². The van der Waals surface area contributed by atoms with Crippen LogP contribution in [0.3, 0.4) is 0 Å². The van der Waals surface area contributed by atoms with Crippen LogP contribution in [0.5, 0.6) is 0 Å². The van der Waals surface area contributed by atoms with Gasteiger partial charge in [0.1, 0.15) is 0 Å². The normalized spacial score (nSPS) is 12.6. The lowest BCUT2D eigenvalue weighted by Gasteiger charge is -2.22. The molecule has 0 spiro atoms. The molecule has 1 heterocycles. The Hall–Kier alpha value is -1.76. The van der Waals surface area contributed by atoms with Gasteiger partial charge in [0.15, 0.2) is 6.33 Å². The molecule has 1 aromatic carbocycles. The molecule has 0 bridgehead atoms. The summed E-state index contributed by atoms with van der Waals surface area (Å²) in [6.07, 6.45) is 1.12. The first kappa shape index (κ1) is 17.6. The van der Waals surface area contributed by atoms with Gasteiger partial charge in [0, 0.05) is 0 Å². The molecule has 23 heavy (non-hydrogen) atoms. The lowest BCUT2D eigenvalue weighted by molar-refractivity contribution is 0.571. The molecule has 126 valence electrons. The number of aromatic nitrogens is 4. The van der Waals surface area contributed by atoms with Crippen LogP contribution in [0.25, 0.3) is 0 Å². The minimum atomic E-state index is -3.81. The number of nitrogens with zero attached hydrogens (tertiary/aromatic N) is 4. The van der Waals surface area contributed by atoms with Gasteiger partial charge >= 0.3 is 0 Å². The monoisotopic (exact) mass is 336 g/mol. The fourth-order valence-electron chi connectivity index (χ4n) is 2.54. The van der Waals surface area contributed by atoms with E-state index in [1.54, 1.807) is 0 Å². The van der Waals surface area contributed by atoms with Crippen LogP contribution in [0.1, 0.15) is 76.0 Å². The van der Waals surface area contributed by atoms with Gasteiger partial charge in [0.2, 0.25) is 0 Å². The summed E-state index contributed by atoms with van der Waals surface area (Å²) in [7, 11) is -3.81. The molecule has 0 fully saturated rings. The van der Waals surface area contributed by atoms with Crippen molar-refractivity contribution in [1.82, 2.24) is 19.6 Å². The Morgan fingerprint density at radius 3 is 1.78 bits per heavy atom. The third-order valence-corrected chi connectivity index (χ3v) is 5.56. The van der Waals surface area contributed by atoms with E-state index in [0.717, 1.165) is 27.1 Å². The molecule has 1 aromatic heterocycles.